The summed E-state index contributed by atoms with van der Waals surface area (Å²) in [6.45, 7) is 3.79. The molecule has 112 valence electrons. The predicted octanol–water partition coefficient (Wildman–Crippen LogP) is 2.58. The van der Waals surface area contributed by atoms with Gasteiger partial charge in [-0.1, -0.05) is 0 Å². The molecule has 0 atom stereocenters. The van der Waals surface area contributed by atoms with E-state index in [1.165, 1.54) is 12.8 Å². The van der Waals surface area contributed by atoms with Gasteiger partial charge in [0.2, 0.25) is 0 Å². The Morgan fingerprint density at radius 2 is 1.95 bits per heavy atom. The smallest absolute Gasteiger partial charge is 0.384 e. The third-order valence-corrected chi connectivity index (χ3v) is 3.33. The molecule has 0 aromatic carbocycles. The van der Waals surface area contributed by atoms with Crippen LogP contribution in [0.15, 0.2) is 12.1 Å². The average Bonchev–Trinajstić information content (AvgIpc) is 2.86. The average molecular weight is 288 g/mol. The van der Waals surface area contributed by atoms with Gasteiger partial charge in [-0.2, -0.15) is 13.2 Å². The first-order valence-electron chi connectivity index (χ1n) is 6.76. The molecule has 1 aliphatic heterocycles. The van der Waals surface area contributed by atoms with Crippen molar-refractivity contribution in [3.8, 4) is 0 Å². The van der Waals surface area contributed by atoms with Crippen LogP contribution in [-0.4, -0.2) is 36.1 Å². The summed E-state index contributed by atoms with van der Waals surface area (Å²) in [5, 5.41) is 2.90. The summed E-state index contributed by atoms with van der Waals surface area (Å²) in [6.07, 6.45) is -1.06. The fraction of sp³-hybridized carbons (Fsp3) is 0.615. The van der Waals surface area contributed by atoms with Crippen LogP contribution in [-0.2, 0) is 6.18 Å². The fourth-order valence-corrected chi connectivity index (χ4v) is 2.33. The lowest BCUT2D eigenvalue weighted by Crippen LogP contribution is -2.22. The lowest BCUT2D eigenvalue weighted by atomic mass is 10.2. The minimum atomic E-state index is -4.40. The van der Waals surface area contributed by atoms with Crippen LogP contribution in [0.1, 0.15) is 24.8 Å². The highest BCUT2D eigenvalue weighted by Gasteiger charge is 2.31. The lowest BCUT2D eigenvalue weighted by Gasteiger charge is -2.15. The van der Waals surface area contributed by atoms with E-state index >= 15 is 0 Å². The van der Waals surface area contributed by atoms with E-state index in [2.05, 4.69) is 15.2 Å². The Balaban J connectivity index is 1.84. The van der Waals surface area contributed by atoms with E-state index in [-0.39, 0.29) is 11.6 Å². The lowest BCUT2D eigenvalue weighted by molar-refractivity contribution is -0.137. The van der Waals surface area contributed by atoms with Gasteiger partial charge in [-0.3, -0.25) is 0 Å². The second-order valence-corrected chi connectivity index (χ2v) is 4.99. The molecule has 1 aromatic rings. The molecule has 0 aliphatic carbocycles. The van der Waals surface area contributed by atoms with Gasteiger partial charge < -0.3 is 16.0 Å². The van der Waals surface area contributed by atoms with Crippen molar-refractivity contribution in [3.05, 3.63) is 17.7 Å². The third-order valence-electron chi connectivity index (χ3n) is 3.33. The number of nitrogens with zero attached hydrogens (tertiary/aromatic N) is 2. The minimum absolute atomic E-state index is 0.123. The summed E-state index contributed by atoms with van der Waals surface area (Å²) in [5.41, 5.74) is 4.63. The predicted molar refractivity (Wildman–Crippen MR) is 72.4 cm³/mol. The van der Waals surface area contributed by atoms with Crippen LogP contribution in [0, 0.1) is 0 Å². The molecule has 1 aromatic heterocycles. The number of alkyl halides is 3. The molecule has 0 radical (unpaired) electrons. The Hall–Kier alpha value is -1.50. The van der Waals surface area contributed by atoms with Gasteiger partial charge in [-0.15, -0.1) is 0 Å². The van der Waals surface area contributed by atoms with Crippen LogP contribution >= 0.6 is 0 Å². The van der Waals surface area contributed by atoms with Gasteiger partial charge in [0.05, 0.1) is 5.56 Å². The standard InChI is InChI=1S/C13H19F3N4/c14-13(15,16)10-8-11(17)19-12(9-10)18-4-3-7-20-5-1-2-6-20/h8-9H,1-7H2,(H3,17,18,19). The molecule has 0 unspecified atom stereocenters. The first kappa shape index (κ1) is 14.9. The van der Waals surface area contributed by atoms with Crippen molar-refractivity contribution < 1.29 is 13.2 Å². The molecule has 3 N–H and O–H groups in total. The van der Waals surface area contributed by atoms with E-state index in [4.69, 9.17) is 5.73 Å². The van der Waals surface area contributed by atoms with E-state index in [9.17, 15) is 13.2 Å². The van der Waals surface area contributed by atoms with Gasteiger partial charge >= 0.3 is 6.18 Å². The van der Waals surface area contributed by atoms with Crippen LogP contribution in [0.25, 0.3) is 0 Å². The zero-order chi connectivity index (χ0) is 14.6. The molecular weight excluding hydrogens is 269 g/mol. The van der Waals surface area contributed by atoms with Crippen LogP contribution in [0.3, 0.4) is 0 Å². The SMILES string of the molecule is Nc1cc(C(F)(F)F)cc(NCCCN2CCCC2)n1. The van der Waals surface area contributed by atoms with Crippen molar-refractivity contribution >= 4 is 11.6 Å². The zero-order valence-corrected chi connectivity index (χ0v) is 11.2. The molecular formula is C13H19F3N4. The van der Waals surface area contributed by atoms with Gasteiger partial charge in [0.15, 0.2) is 0 Å². The molecule has 1 aliphatic rings. The molecule has 2 heterocycles. The summed E-state index contributed by atoms with van der Waals surface area (Å²) in [4.78, 5) is 6.23. The van der Waals surface area contributed by atoms with Crippen molar-refractivity contribution in [2.75, 3.05) is 37.2 Å². The number of rotatable bonds is 5. The van der Waals surface area contributed by atoms with Crippen LogP contribution < -0.4 is 11.1 Å². The van der Waals surface area contributed by atoms with Crippen LogP contribution in [0.5, 0.6) is 0 Å². The third kappa shape index (κ3) is 4.26. The maximum atomic E-state index is 12.6. The molecule has 20 heavy (non-hydrogen) atoms. The van der Waals surface area contributed by atoms with Crippen molar-refractivity contribution in [1.82, 2.24) is 9.88 Å². The molecule has 0 spiro atoms. The maximum Gasteiger partial charge on any atom is 0.416 e. The summed E-state index contributed by atoms with van der Waals surface area (Å²) >= 11 is 0. The Bertz CT molecular complexity index is 442. The number of pyridine rings is 1. The summed E-state index contributed by atoms with van der Waals surface area (Å²) < 4.78 is 37.9. The molecule has 4 nitrogen and oxygen atoms in total. The zero-order valence-electron chi connectivity index (χ0n) is 11.2. The van der Waals surface area contributed by atoms with Gasteiger partial charge in [0, 0.05) is 6.54 Å². The number of likely N-dealkylation sites (tertiary alicyclic amines) is 1. The highest BCUT2D eigenvalue weighted by Crippen LogP contribution is 2.31. The molecule has 0 bridgehead atoms. The molecule has 1 saturated heterocycles. The normalized spacial score (nSPS) is 16.6. The van der Waals surface area contributed by atoms with E-state index in [0.29, 0.717) is 6.54 Å². The Kier molecular flexibility index (Phi) is 4.69. The molecule has 0 amide bonds. The van der Waals surface area contributed by atoms with E-state index < -0.39 is 11.7 Å². The quantitative estimate of drug-likeness (QED) is 0.818. The van der Waals surface area contributed by atoms with Gasteiger partial charge in [-0.25, -0.2) is 4.98 Å². The second-order valence-electron chi connectivity index (χ2n) is 4.99. The number of nitrogen functional groups attached to an aromatic ring is 1. The summed E-state index contributed by atoms with van der Waals surface area (Å²) in [6, 6.07) is 1.83. The fourth-order valence-electron chi connectivity index (χ4n) is 2.33. The van der Waals surface area contributed by atoms with Crippen molar-refractivity contribution in [3.63, 3.8) is 0 Å². The first-order chi connectivity index (χ1) is 9.45. The van der Waals surface area contributed by atoms with Gasteiger partial charge in [0.25, 0.3) is 0 Å². The molecule has 0 saturated carbocycles. The molecule has 7 heteroatoms. The largest absolute Gasteiger partial charge is 0.416 e. The highest BCUT2D eigenvalue weighted by molar-refractivity contribution is 5.47. The maximum absolute atomic E-state index is 12.6. The van der Waals surface area contributed by atoms with E-state index in [1.54, 1.807) is 0 Å². The molecule has 1 fully saturated rings. The highest BCUT2D eigenvalue weighted by atomic mass is 19.4. The Labute approximate surface area is 116 Å². The summed E-state index contributed by atoms with van der Waals surface area (Å²) in [5.74, 6) is 0.0561. The van der Waals surface area contributed by atoms with E-state index in [0.717, 1.165) is 38.2 Å². The number of halogens is 3. The van der Waals surface area contributed by atoms with Gasteiger partial charge in [-0.05, 0) is 51.0 Å². The number of anilines is 2. The number of hydrogen-bond donors (Lipinski definition) is 2. The van der Waals surface area contributed by atoms with Crippen molar-refractivity contribution in [2.24, 2.45) is 0 Å². The van der Waals surface area contributed by atoms with Gasteiger partial charge in [0.1, 0.15) is 11.6 Å². The minimum Gasteiger partial charge on any atom is -0.384 e. The number of hydrogen-bond acceptors (Lipinski definition) is 4. The second kappa shape index (κ2) is 6.30. The number of nitrogens with two attached hydrogens (primary N) is 1. The van der Waals surface area contributed by atoms with E-state index in [1.807, 2.05) is 0 Å². The topological polar surface area (TPSA) is 54.2 Å². The van der Waals surface area contributed by atoms with Crippen molar-refractivity contribution in [2.45, 2.75) is 25.4 Å². The van der Waals surface area contributed by atoms with Crippen molar-refractivity contribution in [1.29, 1.82) is 0 Å². The number of aromatic nitrogens is 1. The monoisotopic (exact) mass is 288 g/mol. The van der Waals surface area contributed by atoms with Crippen LogP contribution in [0.2, 0.25) is 0 Å². The number of nitrogens with one attached hydrogen (secondary N) is 1. The Morgan fingerprint density at radius 3 is 2.60 bits per heavy atom. The Morgan fingerprint density at radius 1 is 1.25 bits per heavy atom. The van der Waals surface area contributed by atoms with Crippen LogP contribution in [0.4, 0.5) is 24.8 Å². The molecule has 2 rings (SSSR count). The summed E-state index contributed by atoms with van der Waals surface area (Å²) in [7, 11) is 0. The first-order valence-corrected chi connectivity index (χ1v) is 6.76.